The summed E-state index contributed by atoms with van der Waals surface area (Å²) < 4.78 is 24.3. The van der Waals surface area contributed by atoms with E-state index >= 15 is 0 Å². The van der Waals surface area contributed by atoms with Gasteiger partial charge in [0.25, 0.3) is 17.7 Å². The first-order chi connectivity index (χ1) is 35.9. The molecule has 1 atom stereocenters. The van der Waals surface area contributed by atoms with Crippen LogP contribution in [0.15, 0.2) is 108 Å². The number of benzene rings is 3. The van der Waals surface area contributed by atoms with Crippen molar-refractivity contribution in [2.45, 2.75) is 69.6 Å². The van der Waals surface area contributed by atoms with Crippen molar-refractivity contribution >= 4 is 47.1 Å². The zero-order chi connectivity index (χ0) is 52.0. The van der Waals surface area contributed by atoms with Crippen molar-refractivity contribution in [3.8, 4) is 28.7 Å². The summed E-state index contributed by atoms with van der Waals surface area (Å²) in [5.41, 5.74) is 3.92. The van der Waals surface area contributed by atoms with E-state index in [1.807, 2.05) is 59.5 Å². The van der Waals surface area contributed by atoms with E-state index in [1.54, 1.807) is 31.6 Å². The molecule has 2 aromatic heterocycles. The minimum Gasteiger partial charge on any atom is -0.491 e. The number of aryl methyl sites for hydroxylation is 1. The number of nitrogens with zero attached hydrogens (tertiary/aromatic N) is 5. The Morgan fingerprint density at radius 1 is 0.797 bits per heavy atom. The van der Waals surface area contributed by atoms with Crippen molar-refractivity contribution in [2.75, 3.05) is 56.4 Å². The number of carbonyl (C=O) groups is 6. The third-order valence-corrected chi connectivity index (χ3v) is 12.9. The second-order valence-electron chi connectivity index (χ2n) is 18.0. The van der Waals surface area contributed by atoms with Gasteiger partial charge >= 0.3 is 6.03 Å². The van der Waals surface area contributed by atoms with E-state index in [1.165, 1.54) is 28.8 Å². The Kier molecular flexibility index (Phi) is 17.4. The molecule has 384 valence electrons. The summed E-state index contributed by atoms with van der Waals surface area (Å²) in [6.45, 7) is 1.92. The molecule has 20 nitrogen and oxygen atoms in total. The first-order valence-corrected chi connectivity index (χ1v) is 24.5. The summed E-state index contributed by atoms with van der Waals surface area (Å²) in [5, 5.41) is 20.6. The first kappa shape index (κ1) is 51.9. The Morgan fingerprint density at radius 3 is 2.26 bits per heavy atom. The zero-order valence-electron chi connectivity index (χ0n) is 40.9. The summed E-state index contributed by atoms with van der Waals surface area (Å²) in [5.74, 6) is -1.60. The molecule has 0 bridgehead atoms. The standard InChI is InChI=1S/C54H57N9O11/c1-61-33-38(11-23-49(61)66)37-9-14-40(15-10-37)62(41-16-12-39(13-17-41)59-46-21-8-36(30-55)32-57-46)54(70)58-31-35-6-18-42(19-7-35)73-29-28-72-27-26-71-25-3-24-56-48(65)34-74-45-5-2-4-43-50(45)53(69)63(52(43)68)44-20-22-47(64)60-51(44)67/h2,4-11,14-15,18-19,21,23,32-33,39,41,44H,3,12-13,16-17,20,22,24-29,31,34H2,1H3,(H,56,65)(H,57,59)(H,58,70)(H,60,64,67). The maximum absolute atomic E-state index is 14.1. The fourth-order valence-electron chi connectivity index (χ4n) is 9.01. The van der Waals surface area contributed by atoms with Gasteiger partial charge in [-0.25, -0.2) is 9.78 Å². The lowest BCUT2D eigenvalue weighted by atomic mass is 9.89. The molecule has 74 heavy (non-hydrogen) atoms. The van der Waals surface area contributed by atoms with Crippen LogP contribution in [0.5, 0.6) is 11.5 Å². The maximum atomic E-state index is 14.1. The van der Waals surface area contributed by atoms with E-state index in [9.17, 15) is 33.6 Å². The molecule has 2 fully saturated rings. The minimum absolute atomic E-state index is 0.00149. The summed E-state index contributed by atoms with van der Waals surface area (Å²) in [6, 6.07) is 27.5. The Hall–Kier alpha value is -8.41. The second kappa shape index (κ2) is 24.8. The Morgan fingerprint density at radius 2 is 1.54 bits per heavy atom. The molecule has 3 aliphatic rings. The van der Waals surface area contributed by atoms with E-state index in [2.05, 4.69) is 32.3 Å². The molecule has 20 heteroatoms. The SMILES string of the molecule is Cn1cc(-c2ccc(N(C(=O)NCc3ccc(OCCOCCOCCCNC(=O)COc4cccc5c4C(=O)N(C4CCC(=O)NC4=O)C5=O)cc3)C3CCC(Nc4ccc(C#N)cn4)CC3)cc2)ccc1=O. The van der Waals surface area contributed by atoms with Crippen molar-refractivity contribution in [2.24, 2.45) is 7.05 Å². The van der Waals surface area contributed by atoms with Gasteiger partial charge in [-0.2, -0.15) is 5.26 Å². The maximum Gasteiger partial charge on any atom is 0.322 e. The van der Waals surface area contributed by atoms with Crippen LogP contribution in [-0.4, -0.2) is 114 Å². The van der Waals surface area contributed by atoms with Gasteiger partial charge in [0, 0.05) is 69.4 Å². The quantitative estimate of drug-likeness (QED) is 0.0534. The van der Waals surface area contributed by atoms with E-state index in [0.717, 1.165) is 53.0 Å². The van der Waals surface area contributed by atoms with Crippen molar-refractivity contribution in [1.82, 2.24) is 30.4 Å². The van der Waals surface area contributed by atoms with Crippen molar-refractivity contribution in [1.29, 1.82) is 5.26 Å². The topological polar surface area (TPSA) is 253 Å². The molecule has 2 aliphatic heterocycles. The molecule has 0 radical (unpaired) electrons. The third kappa shape index (κ3) is 13.2. The van der Waals surface area contributed by atoms with E-state index in [0.29, 0.717) is 69.7 Å². The Labute approximate surface area is 426 Å². The van der Waals surface area contributed by atoms with Gasteiger partial charge in [0.05, 0.1) is 36.5 Å². The molecular formula is C54H57N9O11. The van der Waals surface area contributed by atoms with Crippen LogP contribution in [0.2, 0.25) is 0 Å². The smallest absolute Gasteiger partial charge is 0.322 e. The van der Waals surface area contributed by atoms with Gasteiger partial charge in [-0.1, -0.05) is 30.3 Å². The molecular weight excluding hydrogens is 951 g/mol. The highest BCUT2D eigenvalue weighted by molar-refractivity contribution is 6.24. The van der Waals surface area contributed by atoms with Gasteiger partial charge in [0.2, 0.25) is 17.4 Å². The van der Waals surface area contributed by atoms with E-state index < -0.39 is 42.2 Å². The largest absolute Gasteiger partial charge is 0.491 e. The molecule has 5 aromatic rings. The number of hydrogen-bond donors (Lipinski definition) is 4. The zero-order valence-corrected chi connectivity index (χ0v) is 40.9. The Balaban J connectivity index is 0.711. The fraction of sp³-hybridized carbons (Fsp3) is 0.352. The number of hydrogen-bond acceptors (Lipinski definition) is 14. The molecule has 0 spiro atoms. The summed E-state index contributed by atoms with van der Waals surface area (Å²) in [4.78, 5) is 95.9. The van der Waals surface area contributed by atoms with Crippen LogP contribution in [-0.2, 0) is 37.4 Å². The van der Waals surface area contributed by atoms with Gasteiger partial charge in [-0.15, -0.1) is 0 Å². The second-order valence-corrected chi connectivity index (χ2v) is 18.0. The number of ether oxygens (including phenoxy) is 4. The highest BCUT2D eigenvalue weighted by Gasteiger charge is 2.46. The summed E-state index contributed by atoms with van der Waals surface area (Å²) in [6.07, 6.45) is 7.08. The van der Waals surface area contributed by atoms with Crippen molar-refractivity contribution in [3.63, 3.8) is 0 Å². The van der Waals surface area contributed by atoms with E-state index in [-0.39, 0.29) is 53.4 Å². The number of carbonyl (C=O) groups excluding carboxylic acids is 6. The monoisotopic (exact) mass is 1010 g/mol. The normalized spacial score (nSPS) is 17.2. The fourth-order valence-corrected chi connectivity index (χ4v) is 9.01. The van der Waals surface area contributed by atoms with Crippen LogP contribution in [0, 0.1) is 11.3 Å². The molecule has 1 saturated carbocycles. The number of nitrogens with one attached hydrogen (secondary N) is 4. The number of pyridine rings is 2. The lowest BCUT2D eigenvalue weighted by Crippen LogP contribution is -2.54. The number of urea groups is 1. The van der Waals surface area contributed by atoms with Gasteiger partial charge in [0.1, 0.15) is 36.0 Å². The molecule has 1 unspecified atom stereocenters. The van der Waals surface area contributed by atoms with Crippen LogP contribution in [0.3, 0.4) is 0 Å². The predicted molar refractivity (Wildman–Crippen MR) is 270 cm³/mol. The van der Waals surface area contributed by atoms with Crippen molar-refractivity contribution in [3.05, 3.63) is 136 Å². The number of piperidine rings is 1. The van der Waals surface area contributed by atoms with Crippen molar-refractivity contribution < 1.29 is 47.7 Å². The van der Waals surface area contributed by atoms with Crippen LogP contribution < -0.4 is 41.2 Å². The number of amides is 7. The van der Waals surface area contributed by atoms with Gasteiger partial charge < -0.3 is 39.5 Å². The molecule has 4 heterocycles. The number of anilines is 2. The summed E-state index contributed by atoms with van der Waals surface area (Å²) in [7, 11) is 1.72. The molecule has 4 N–H and O–H groups in total. The highest BCUT2D eigenvalue weighted by atomic mass is 16.5. The number of fused-ring (bicyclic) bond motifs is 1. The van der Waals surface area contributed by atoms with Crippen LogP contribution in [0.1, 0.15) is 76.8 Å². The molecule has 8 rings (SSSR count). The molecule has 7 amide bonds. The predicted octanol–water partition coefficient (Wildman–Crippen LogP) is 4.86. The molecule has 1 aliphatic carbocycles. The Bertz CT molecular complexity index is 2930. The first-order valence-electron chi connectivity index (χ1n) is 24.5. The lowest BCUT2D eigenvalue weighted by molar-refractivity contribution is -0.136. The number of nitriles is 1. The van der Waals surface area contributed by atoms with Crippen LogP contribution >= 0.6 is 0 Å². The minimum atomic E-state index is -1.11. The van der Waals surface area contributed by atoms with Crippen LogP contribution in [0.4, 0.5) is 16.3 Å². The average molecular weight is 1010 g/mol. The number of rotatable bonds is 22. The summed E-state index contributed by atoms with van der Waals surface area (Å²) >= 11 is 0. The van der Waals surface area contributed by atoms with E-state index in [4.69, 9.17) is 24.2 Å². The third-order valence-electron chi connectivity index (χ3n) is 12.9. The average Bonchev–Trinajstić information content (AvgIpc) is 3.67. The molecule has 1 saturated heterocycles. The van der Waals surface area contributed by atoms with Crippen LogP contribution in [0.25, 0.3) is 11.1 Å². The van der Waals surface area contributed by atoms with Gasteiger partial charge in [0.15, 0.2) is 6.61 Å². The lowest BCUT2D eigenvalue weighted by Gasteiger charge is -2.37. The number of imide groups is 2. The van der Waals surface area contributed by atoms with Gasteiger partial charge in [-0.05, 0) is 110 Å². The highest BCUT2D eigenvalue weighted by Crippen LogP contribution is 2.34. The molecule has 3 aromatic carbocycles. The number of aromatic nitrogens is 2. The van der Waals surface area contributed by atoms with Gasteiger partial charge in [-0.3, -0.25) is 43.9 Å².